The lowest BCUT2D eigenvalue weighted by atomic mass is 9.99. The highest BCUT2D eigenvalue weighted by Crippen LogP contribution is 2.27. The number of benzene rings is 2. The topological polar surface area (TPSA) is 55.6 Å². The predicted octanol–water partition coefficient (Wildman–Crippen LogP) is 2.88. The molecular weight excluding hydrogens is 264 g/mol. The molecule has 0 aromatic heterocycles. The number of nitrogens with zero attached hydrogens (tertiary/aromatic N) is 1. The Kier molecular flexibility index (Phi) is 4.17. The van der Waals surface area contributed by atoms with Gasteiger partial charge >= 0.3 is 0 Å². The van der Waals surface area contributed by atoms with Crippen molar-refractivity contribution in [1.82, 2.24) is 0 Å². The molecule has 0 fully saturated rings. The molecule has 4 nitrogen and oxygen atoms in total. The Morgan fingerprint density at radius 2 is 1.86 bits per heavy atom. The molecule has 2 rings (SSSR count). The van der Waals surface area contributed by atoms with Crippen LogP contribution in [0.4, 0.5) is 11.4 Å². The van der Waals surface area contributed by atoms with Crippen LogP contribution in [0.15, 0.2) is 36.4 Å². The van der Waals surface area contributed by atoms with E-state index in [-0.39, 0.29) is 5.78 Å². The summed E-state index contributed by atoms with van der Waals surface area (Å²) in [6.45, 7) is 1.94. The van der Waals surface area contributed by atoms with E-state index in [2.05, 4.69) is 0 Å². The number of nitrogens with two attached hydrogens (primary N) is 1. The first-order chi connectivity index (χ1) is 9.93. The van der Waals surface area contributed by atoms with E-state index in [0.29, 0.717) is 22.6 Å². The Morgan fingerprint density at radius 1 is 1.14 bits per heavy atom. The van der Waals surface area contributed by atoms with E-state index in [1.54, 1.807) is 25.3 Å². The Bertz CT molecular complexity index is 678. The molecular formula is C17H20N2O2. The first-order valence-electron chi connectivity index (χ1n) is 6.70. The summed E-state index contributed by atoms with van der Waals surface area (Å²) >= 11 is 0. The Morgan fingerprint density at radius 3 is 2.43 bits per heavy atom. The van der Waals surface area contributed by atoms with Gasteiger partial charge in [-0.3, -0.25) is 4.79 Å². The Hall–Kier alpha value is -2.49. The largest absolute Gasteiger partial charge is 0.496 e. The standard InChI is InChI=1S/C17H20N2O2/c1-11-5-8-16(21-4)13(9-11)17(20)12-6-7-15(19(2)3)14(18)10-12/h5-10H,18H2,1-4H3. The van der Waals surface area contributed by atoms with Crippen LogP contribution >= 0.6 is 0 Å². The second kappa shape index (κ2) is 5.87. The van der Waals surface area contributed by atoms with E-state index < -0.39 is 0 Å². The summed E-state index contributed by atoms with van der Waals surface area (Å²) in [5.41, 5.74) is 9.60. The van der Waals surface area contributed by atoms with Crippen molar-refractivity contribution < 1.29 is 9.53 Å². The lowest BCUT2D eigenvalue weighted by molar-refractivity contribution is 0.103. The number of ether oxygens (including phenoxy) is 1. The lowest BCUT2D eigenvalue weighted by Gasteiger charge is -2.16. The SMILES string of the molecule is COc1ccc(C)cc1C(=O)c1ccc(N(C)C)c(N)c1. The van der Waals surface area contributed by atoms with Gasteiger partial charge in [-0.1, -0.05) is 11.6 Å². The molecule has 4 heteroatoms. The highest BCUT2D eigenvalue weighted by Gasteiger charge is 2.16. The second-order valence-electron chi connectivity index (χ2n) is 5.20. The molecule has 2 aromatic rings. The van der Waals surface area contributed by atoms with Gasteiger partial charge in [0, 0.05) is 19.7 Å². The molecule has 0 saturated heterocycles. The maximum absolute atomic E-state index is 12.7. The summed E-state index contributed by atoms with van der Waals surface area (Å²) in [6.07, 6.45) is 0. The van der Waals surface area contributed by atoms with E-state index in [0.717, 1.165) is 11.3 Å². The number of aryl methyl sites for hydroxylation is 1. The fourth-order valence-corrected chi connectivity index (χ4v) is 2.26. The summed E-state index contributed by atoms with van der Waals surface area (Å²) in [5, 5.41) is 0. The molecule has 0 atom stereocenters. The van der Waals surface area contributed by atoms with Gasteiger partial charge in [-0.2, -0.15) is 0 Å². The van der Waals surface area contributed by atoms with Gasteiger partial charge in [0.25, 0.3) is 0 Å². The maximum atomic E-state index is 12.7. The van der Waals surface area contributed by atoms with E-state index in [4.69, 9.17) is 10.5 Å². The van der Waals surface area contributed by atoms with Gasteiger partial charge < -0.3 is 15.4 Å². The molecule has 0 unspecified atom stereocenters. The highest BCUT2D eigenvalue weighted by atomic mass is 16.5. The van der Waals surface area contributed by atoms with Gasteiger partial charge in [0.05, 0.1) is 24.0 Å². The second-order valence-corrected chi connectivity index (χ2v) is 5.20. The van der Waals surface area contributed by atoms with Crippen LogP contribution in [0.1, 0.15) is 21.5 Å². The van der Waals surface area contributed by atoms with Crippen LogP contribution in [0, 0.1) is 6.92 Å². The van der Waals surface area contributed by atoms with Crippen molar-refractivity contribution >= 4 is 17.2 Å². The van der Waals surface area contributed by atoms with E-state index >= 15 is 0 Å². The number of hydrogen-bond donors (Lipinski definition) is 1. The summed E-state index contributed by atoms with van der Waals surface area (Å²) in [4.78, 5) is 14.6. The molecule has 0 saturated carbocycles. The zero-order valence-corrected chi connectivity index (χ0v) is 12.8. The maximum Gasteiger partial charge on any atom is 0.196 e. The highest BCUT2D eigenvalue weighted by molar-refractivity contribution is 6.11. The smallest absolute Gasteiger partial charge is 0.196 e. The van der Waals surface area contributed by atoms with Crippen LogP contribution in [0.25, 0.3) is 0 Å². The number of nitrogen functional groups attached to an aromatic ring is 1. The van der Waals surface area contributed by atoms with E-state index in [1.165, 1.54) is 0 Å². The number of hydrogen-bond acceptors (Lipinski definition) is 4. The zero-order chi connectivity index (χ0) is 15.6. The molecule has 2 N–H and O–H groups in total. The molecule has 0 bridgehead atoms. The number of methoxy groups -OCH3 is 1. The lowest BCUT2D eigenvalue weighted by Crippen LogP contribution is -2.12. The average molecular weight is 284 g/mol. The van der Waals surface area contributed by atoms with Crippen LogP contribution in [0.3, 0.4) is 0 Å². The Balaban J connectivity index is 2.45. The normalized spacial score (nSPS) is 10.3. The summed E-state index contributed by atoms with van der Waals surface area (Å²) in [7, 11) is 5.39. The first-order valence-corrected chi connectivity index (χ1v) is 6.70. The zero-order valence-electron chi connectivity index (χ0n) is 12.8. The summed E-state index contributed by atoms with van der Waals surface area (Å²) < 4.78 is 5.27. The fourth-order valence-electron chi connectivity index (χ4n) is 2.26. The van der Waals surface area contributed by atoms with Crippen LogP contribution in [0.2, 0.25) is 0 Å². The Labute approximate surface area is 125 Å². The quantitative estimate of drug-likeness (QED) is 0.693. The summed E-state index contributed by atoms with van der Waals surface area (Å²) in [6, 6.07) is 10.9. The minimum atomic E-state index is -0.0902. The number of carbonyl (C=O) groups excluding carboxylic acids is 1. The van der Waals surface area contributed by atoms with Gasteiger partial charge in [-0.25, -0.2) is 0 Å². The van der Waals surface area contributed by atoms with Crippen LogP contribution < -0.4 is 15.4 Å². The third-order valence-electron chi connectivity index (χ3n) is 3.37. The molecule has 0 amide bonds. The van der Waals surface area contributed by atoms with Crippen molar-refractivity contribution in [3.05, 3.63) is 53.1 Å². The van der Waals surface area contributed by atoms with Crippen LogP contribution in [-0.4, -0.2) is 27.0 Å². The molecule has 0 radical (unpaired) electrons. The van der Waals surface area contributed by atoms with Crippen molar-refractivity contribution in [3.8, 4) is 5.75 Å². The monoisotopic (exact) mass is 284 g/mol. The van der Waals surface area contributed by atoms with Gasteiger partial charge in [0.1, 0.15) is 5.75 Å². The van der Waals surface area contributed by atoms with Gasteiger partial charge in [-0.15, -0.1) is 0 Å². The number of rotatable bonds is 4. The van der Waals surface area contributed by atoms with E-state index in [9.17, 15) is 4.79 Å². The molecule has 0 heterocycles. The number of ketones is 1. The van der Waals surface area contributed by atoms with Gasteiger partial charge in [0.2, 0.25) is 0 Å². The average Bonchev–Trinajstić information content (AvgIpc) is 2.45. The summed E-state index contributed by atoms with van der Waals surface area (Å²) in [5.74, 6) is 0.480. The molecule has 21 heavy (non-hydrogen) atoms. The molecule has 2 aromatic carbocycles. The van der Waals surface area contributed by atoms with Gasteiger partial charge in [0.15, 0.2) is 5.78 Å². The third-order valence-corrected chi connectivity index (χ3v) is 3.37. The van der Waals surface area contributed by atoms with Crippen molar-refractivity contribution in [2.75, 3.05) is 31.8 Å². The number of carbonyl (C=O) groups is 1. The van der Waals surface area contributed by atoms with Crippen molar-refractivity contribution in [1.29, 1.82) is 0 Å². The van der Waals surface area contributed by atoms with Crippen LogP contribution in [-0.2, 0) is 0 Å². The first kappa shape index (κ1) is 14.9. The van der Waals surface area contributed by atoms with Crippen molar-refractivity contribution in [2.24, 2.45) is 0 Å². The molecule has 0 aliphatic heterocycles. The predicted molar refractivity (Wildman–Crippen MR) is 86.3 cm³/mol. The minimum Gasteiger partial charge on any atom is -0.496 e. The van der Waals surface area contributed by atoms with E-state index in [1.807, 2.05) is 44.1 Å². The minimum absolute atomic E-state index is 0.0902. The molecule has 0 spiro atoms. The van der Waals surface area contributed by atoms with Crippen molar-refractivity contribution in [2.45, 2.75) is 6.92 Å². The number of anilines is 2. The molecule has 110 valence electrons. The molecule has 0 aliphatic carbocycles. The fraction of sp³-hybridized carbons (Fsp3) is 0.235. The van der Waals surface area contributed by atoms with Crippen LogP contribution in [0.5, 0.6) is 5.75 Å². The third kappa shape index (κ3) is 2.99. The van der Waals surface area contributed by atoms with Gasteiger partial charge in [-0.05, 0) is 37.3 Å². The van der Waals surface area contributed by atoms with Crippen molar-refractivity contribution in [3.63, 3.8) is 0 Å². The molecule has 0 aliphatic rings.